The average molecular weight is 184 g/mol. The van der Waals surface area contributed by atoms with Crippen LogP contribution in [0.5, 0.6) is 0 Å². The smallest absolute Gasteiger partial charge is 0.224 e. The van der Waals surface area contributed by atoms with Crippen LogP contribution in [0, 0.1) is 0 Å². The van der Waals surface area contributed by atoms with Gasteiger partial charge in [0.15, 0.2) is 0 Å². The largest absolute Gasteiger partial charge is 0.339 e. The SMILES string of the molecule is C=CCN(CC)C(=O)CC(C)(C)N. The topological polar surface area (TPSA) is 46.3 Å². The third-order valence-corrected chi connectivity index (χ3v) is 1.69. The molecule has 0 aromatic rings. The monoisotopic (exact) mass is 184 g/mol. The number of likely N-dealkylation sites (N-methyl/N-ethyl adjacent to an activating group) is 1. The highest BCUT2D eigenvalue weighted by molar-refractivity contribution is 5.77. The molecule has 13 heavy (non-hydrogen) atoms. The zero-order chi connectivity index (χ0) is 10.5. The fraction of sp³-hybridized carbons (Fsp3) is 0.700. The van der Waals surface area contributed by atoms with E-state index in [1.165, 1.54) is 0 Å². The number of nitrogens with two attached hydrogens (primary N) is 1. The molecule has 76 valence electrons. The molecule has 0 radical (unpaired) electrons. The van der Waals surface area contributed by atoms with Crippen molar-refractivity contribution in [1.82, 2.24) is 4.90 Å². The second kappa shape index (κ2) is 5.02. The zero-order valence-electron chi connectivity index (χ0n) is 8.84. The average Bonchev–Trinajstić information content (AvgIpc) is 1.96. The lowest BCUT2D eigenvalue weighted by Gasteiger charge is -2.24. The highest BCUT2D eigenvalue weighted by Crippen LogP contribution is 2.06. The summed E-state index contributed by atoms with van der Waals surface area (Å²) >= 11 is 0. The Morgan fingerprint density at radius 2 is 2.15 bits per heavy atom. The van der Waals surface area contributed by atoms with E-state index in [4.69, 9.17) is 5.73 Å². The van der Waals surface area contributed by atoms with E-state index in [2.05, 4.69) is 6.58 Å². The molecule has 3 heteroatoms. The zero-order valence-corrected chi connectivity index (χ0v) is 8.84. The maximum absolute atomic E-state index is 11.6. The molecule has 0 rings (SSSR count). The van der Waals surface area contributed by atoms with Crippen LogP contribution in [0.25, 0.3) is 0 Å². The van der Waals surface area contributed by atoms with Gasteiger partial charge in [-0.3, -0.25) is 4.79 Å². The van der Waals surface area contributed by atoms with Crippen LogP contribution in [0.2, 0.25) is 0 Å². The van der Waals surface area contributed by atoms with Crippen LogP contribution in [-0.2, 0) is 4.79 Å². The molecule has 0 saturated heterocycles. The van der Waals surface area contributed by atoms with Crippen molar-refractivity contribution in [1.29, 1.82) is 0 Å². The predicted molar refractivity (Wildman–Crippen MR) is 55.3 cm³/mol. The van der Waals surface area contributed by atoms with E-state index < -0.39 is 5.54 Å². The van der Waals surface area contributed by atoms with Crippen LogP contribution >= 0.6 is 0 Å². The Hall–Kier alpha value is -0.830. The number of carbonyl (C=O) groups is 1. The standard InChI is InChI=1S/C10H20N2O/c1-5-7-12(6-2)9(13)8-10(3,4)11/h5H,1,6-8,11H2,2-4H3. The van der Waals surface area contributed by atoms with Gasteiger partial charge in [0.2, 0.25) is 5.91 Å². The van der Waals surface area contributed by atoms with Gasteiger partial charge in [-0.15, -0.1) is 6.58 Å². The molecule has 0 unspecified atom stereocenters. The van der Waals surface area contributed by atoms with Crippen molar-refractivity contribution in [3.8, 4) is 0 Å². The summed E-state index contributed by atoms with van der Waals surface area (Å²) in [6, 6.07) is 0. The van der Waals surface area contributed by atoms with Gasteiger partial charge in [0, 0.05) is 25.0 Å². The molecule has 0 saturated carbocycles. The molecule has 3 nitrogen and oxygen atoms in total. The Balaban J connectivity index is 4.13. The summed E-state index contributed by atoms with van der Waals surface area (Å²) < 4.78 is 0. The summed E-state index contributed by atoms with van der Waals surface area (Å²) in [5.74, 6) is 0.0925. The first-order valence-electron chi connectivity index (χ1n) is 4.58. The molecular weight excluding hydrogens is 164 g/mol. The van der Waals surface area contributed by atoms with Crippen LogP contribution in [0.4, 0.5) is 0 Å². The summed E-state index contributed by atoms with van der Waals surface area (Å²) in [4.78, 5) is 13.3. The number of nitrogens with zero attached hydrogens (tertiary/aromatic N) is 1. The van der Waals surface area contributed by atoms with Crippen molar-refractivity contribution < 1.29 is 4.79 Å². The number of amides is 1. The minimum Gasteiger partial charge on any atom is -0.339 e. The van der Waals surface area contributed by atoms with Crippen molar-refractivity contribution in [2.24, 2.45) is 5.73 Å². The minimum absolute atomic E-state index is 0.0925. The Kier molecular flexibility index (Phi) is 4.70. The number of rotatable bonds is 5. The number of carbonyl (C=O) groups excluding carboxylic acids is 1. The van der Waals surface area contributed by atoms with Gasteiger partial charge >= 0.3 is 0 Å². The quantitative estimate of drug-likeness (QED) is 0.651. The molecule has 0 aliphatic carbocycles. The first kappa shape index (κ1) is 12.2. The molecule has 0 aliphatic rings. The number of hydrogen-bond donors (Lipinski definition) is 1. The fourth-order valence-corrected chi connectivity index (χ4v) is 1.06. The molecule has 0 atom stereocenters. The Labute approximate surface area is 80.6 Å². The van der Waals surface area contributed by atoms with Gasteiger partial charge in [-0.25, -0.2) is 0 Å². The molecular formula is C10H20N2O. The number of hydrogen-bond acceptors (Lipinski definition) is 2. The molecule has 2 N–H and O–H groups in total. The molecule has 0 aliphatic heterocycles. The van der Waals surface area contributed by atoms with E-state index in [1.807, 2.05) is 20.8 Å². The van der Waals surface area contributed by atoms with Crippen molar-refractivity contribution >= 4 is 5.91 Å². The second-order valence-corrected chi connectivity index (χ2v) is 3.89. The summed E-state index contributed by atoms with van der Waals surface area (Å²) in [6.07, 6.45) is 2.11. The maximum atomic E-state index is 11.6. The van der Waals surface area contributed by atoms with Gasteiger partial charge in [0.05, 0.1) is 0 Å². The maximum Gasteiger partial charge on any atom is 0.224 e. The first-order valence-corrected chi connectivity index (χ1v) is 4.58. The normalized spacial score (nSPS) is 11.1. The van der Waals surface area contributed by atoms with E-state index in [1.54, 1.807) is 11.0 Å². The Morgan fingerprint density at radius 1 is 1.62 bits per heavy atom. The molecule has 1 amide bonds. The predicted octanol–water partition coefficient (Wildman–Crippen LogP) is 1.15. The second-order valence-electron chi connectivity index (χ2n) is 3.89. The summed E-state index contributed by atoms with van der Waals surface area (Å²) in [5, 5.41) is 0. The van der Waals surface area contributed by atoms with Crippen LogP contribution in [0.3, 0.4) is 0 Å². The lowest BCUT2D eigenvalue weighted by Crippen LogP contribution is -2.41. The highest BCUT2D eigenvalue weighted by Gasteiger charge is 2.19. The van der Waals surface area contributed by atoms with Crippen LogP contribution in [0.15, 0.2) is 12.7 Å². The third kappa shape index (κ3) is 5.42. The van der Waals surface area contributed by atoms with Crippen LogP contribution < -0.4 is 5.73 Å². The van der Waals surface area contributed by atoms with Gasteiger partial charge < -0.3 is 10.6 Å². The lowest BCUT2D eigenvalue weighted by molar-refractivity contribution is -0.131. The first-order chi connectivity index (χ1) is 5.90. The minimum atomic E-state index is -0.425. The van der Waals surface area contributed by atoms with Gasteiger partial charge in [-0.05, 0) is 20.8 Å². The molecule has 0 spiro atoms. The third-order valence-electron chi connectivity index (χ3n) is 1.69. The van der Waals surface area contributed by atoms with Crippen LogP contribution in [-0.4, -0.2) is 29.4 Å². The van der Waals surface area contributed by atoms with Crippen molar-refractivity contribution in [2.75, 3.05) is 13.1 Å². The van der Waals surface area contributed by atoms with Crippen LogP contribution in [0.1, 0.15) is 27.2 Å². The van der Waals surface area contributed by atoms with Gasteiger partial charge in [0.1, 0.15) is 0 Å². The Morgan fingerprint density at radius 3 is 2.46 bits per heavy atom. The molecule has 0 heterocycles. The summed E-state index contributed by atoms with van der Waals surface area (Å²) in [5.41, 5.74) is 5.33. The van der Waals surface area contributed by atoms with Gasteiger partial charge in [0.25, 0.3) is 0 Å². The van der Waals surface area contributed by atoms with Gasteiger partial charge in [-0.1, -0.05) is 6.08 Å². The van der Waals surface area contributed by atoms with E-state index in [9.17, 15) is 4.79 Å². The Bertz CT molecular complexity index is 182. The van der Waals surface area contributed by atoms with E-state index in [0.717, 1.165) is 0 Å². The summed E-state index contributed by atoms with van der Waals surface area (Å²) in [7, 11) is 0. The van der Waals surface area contributed by atoms with Crippen molar-refractivity contribution in [2.45, 2.75) is 32.7 Å². The van der Waals surface area contributed by atoms with E-state index in [0.29, 0.717) is 19.5 Å². The fourth-order valence-electron chi connectivity index (χ4n) is 1.06. The molecule has 0 bridgehead atoms. The van der Waals surface area contributed by atoms with Gasteiger partial charge in [-0.2, -0.15) is 0 Å². The van der Waals surface area contributed by atoms with Crippen molar-refractivity contribution in [3.05, 3.63) is 12.7 Å². The highest BCUT2D eigenvalue weighted by atomic mass is 16.2. The van der Waals surface area contributed by atoms with E-state index in [-0.39, 0.29) is 5.91 Å². The summed E-state index contributed by atoms with van der Waals surface area (Å²) in [6.45, 7) is 10.6. The molecule has 0 aromatic heterocycles. The lowest BCUT2D eigenvalue weighted by atomic mass is 10.0. The van der Waals surface area contributed by atoms with Crippen molar-refractivity contribution in [3.63, 3.8) is 0 Å². The molecule has 0 fully saturated rings. The molecule has 0 aromatic carbocycles. The van der Waals surface area contributed by atoms with E-state index >= 15 is 0 Å².